The minimum Gasteiger partial charge on any atom is -0.493 e. The van der Waals surface area contributed by atoms with Crippen molar-refractivity contribution in [1.29, 1.82) is 0 Å². The Labute approximate surface area is 190 Å². The van der Waals surface area contributed by atoms with E-state index in [1.165, 1.54) is 32.1 Å². The maximum atomic E-state index is 5.43. The number of piperidine rings is 1. The molecule has 0 N–H and O–H groups in total. The molecule has 2 aromatic heterocycles. The summed E-state index contributed by atoms with van der Waals surface area (Å²) in [5.74, 6) is 3.29. The zero-order chi connectivity index (χ0) is 21.2. The minimum absolute atomic E-state index is 0.562. The van der Waals surface area contributed by atoms with Gasteiger partial charge in [-0.15, -0.1) is 21.5 Å². The van der Waals surface area contributed by atoms with Crippen molar-refractivity contribution < 1.29 is 9.47 Å². The fourth-order valence-corrected chi connectivity index (χ4v) is 5.76. The number of anilines is 1. The van der Waals surface area contributed by atoms with Crippen molar-refractivity contribution in [2.24, 2.45) is 0 Å². The Bertz CT molecular complexity index is 1040. The molecule has 3 heterocycles. The average molecular weight is 458 g/mol. The van der Waals surface area contributed by atoms with Crippen LogP contribution < -0.4 is 14.4 Å². The van der Waals surface area contributed by atoms with Crippen molar-refractivity contribution >= 4 is 29.0 Å². The van der Waals surface area contributed by atoms with Gasteiger partial charge in [-0.2, -0.15) is 0 Å². The number of nitrogens with zero attached hydrogens (tertiary/aromatic N) is 5. The Morgan fingerprint density at radius 1 is 1.06 bits per heavy atom. The lowest BCUT2D eigenvalue weighted by atomic mass is 10.1. The first-order valence-electron chi connectivity index (χ1n) is 10.8. The van der Waals surface area contributed by atoms with Gasteiger partial charge in [0.25, 0.3) is 0 Å². The molecular weight excluding hydrogens is 430 g/mol. The Morgan fingerprint density at radius 3 is 2.61 bits per heavy atom. The van der Waals surface area contributed by atoms with Crippen LogP contribution in [0.1, 0.15) is 43.8 Å². The number of ether oxygens (including phenoxy) is 2. The fourth-order valence-electron chi connectivity index (χ4n) is 3.94. The lowest BCUT2D eigenvalue weighted by Gasteiger charge is -2.27. The summed E-state index contributed by atoms with van der Waals surface area (Å²) in [5, 5.41) is 13.3. The molecule has 1 saturated carbocycles. The summed E-state index contributed by atoms with van der Waals surface area (Å²) in [7, 11) is 3.30. The van der Waals surface area contributed by atoms with E-state index in [4.69, 9.17) is 14.5 Å². The van der Waals surface area contributed by atoms with Crippen molar-refractivity contribution in [3.63, 3.8) is 0 Å². The maximum Gasteiger partial charge on any atom is 0.228 e. The highest BCUT2D eigenvalue weighted by Crippen LogP contribution is 2.42. The van der Waals surface area contributed by atoms with Gasteiger partial charge in [-0.05, 0) is 50.3 Å². The molecule has 1 saturated heterocycles. The largest absolute Gasteiger partial charge is 0.493 e. The van der Waals surface area contributed by atoms with Gasteiger partial charge in [-0.1, -0.05) is 11.8 Å². The average Bonchev–Trinajstić information content (AvgIpc) is 3.39. The van der Waals surface area contributed by atoms with E-state index in [0.29, 0.717) is 11.8 Å². The van der Waals surface area contributed by atoms with E-state index in [1.54, 1.807) is 37.3 Å². The molecule has 2 fully saturated rings. The molecule has 1 aliphatic heterocycles. The number of rotatable bonds is 8. The first-order valence-corrected chi connectivity index (χ1v) is 12.6. The second-order valence-electron chi connectivity index (χ2n) is 7.93. The molecule has 7 nitrogen and oxygen atoms in total. The van der Waals surface area contributed by atoms with E-state index in [9.17, 15) is 0 Å². The third-order valence-electron chi connectivity index (χ3n) is 5.73. The van der Waals surface area contributed by atoms with Crippen LogP contribution in [0.4, 0.5) is 5.95 Å². The van der Waals surface area contributed by atoms with Crippen LogP contribution in [0.15, 0.2) is 28.7 Å². The quantitative estimate of drug-likeness (QED) is 0.439. The fraction of sp³-hybridized carbons (Fsp3) is 0.500. The van der Waals surface area contributed by atoms with Gasteiger partial charge in [0.15, 0.2) is 16.7 Å². The van der Waals surface area contributed by atoms with E-state index >= 15 is 0 Å². The number of thioether (sulfide) groups is 1. The van der Waals surface area contributed by atoms with Crippen LogP contribution in [0.3, 0.4) is 0 Å². The lowest BCUT2D eigenvalue weighted by molar-refractivity contribution is 0.355. The van der Waals surface area contributed by atoms with Gasteiger partial charge < -0.3 is 14.4 Å². The maximum absolute atomic E-state index is 5.43. The topological polar surface area (TPSA) is 65.3 Å². The summed E-state index contributed by atoms with van der Waals surface area (Å²) in [6.07, 6.45) is 6.27. The van der Waals surface area contributed by atoms with E-state index in [-0.39, 0.29) is 0 Å². The summed E-state index contributed by atoms with van der Waals surface area (Å²) in [6, 6.07) is 6.48. The normalized spacial score (nSPS) is 16.5. The van der Waals surface area contributed by atoms with Crippen LogP contribution in [0.2, 0.25) is 0 Å². The van der Waals surface area contributed by atoms with E-state index < -0.39 is 0 Å². The molecular formula is C22H27N5O2S2. The Hall–Kier alpha value is -2.26. The van der Waals surface area contributed by atoms with Gasteiger partial charge in [0.05, 0.1) is 19.9 Å². The number of hydrogen-bond acceptors (Lipinski definition) is 8. The predicted molar refractivity (Wildman–Crippen MR) is 125 cm³/mol. The number of aromatic nitrogens is 4. The Balaban J connectivity index is 1.30. The van der Waals surface area contributed by atoms with Crippen molar-refractivity contribution in [3.05, 3.63) is 29.3 Å². The number of methoxy groups -OCH3 is 2. The molecule has 0 spiro atoms. The highest BCUT2D eigenvalue weighted by Gasteiger charge is 2.32. The molecule has 0 atom stereocenters. The van der Waals surface area contributed by atoms with Gasteiger partial charge in [0.2, 0.25) is 5.95 Å². The van der Waals surface area contributed by atoms with Crippen molar-refractivity contribution in [3.8, 4) is 22.1 Å². The molecule has 1 aliphatic carbocycles. The number of thiazole rings is 1. The van der Waals surface area contributed by atoms with Crippen LogP contribution in [0.25, 0.3) is 10.6 Å². The van der Waals surface area contributed by atoms with Crippen molar-refractivity contribution in [1.82, 2.24) is 19.7 Å². The van der Waals surface area contributed by atoms with Crippen LogP contribution >= 0.6 is 23.1 Å². The molecule has 0 amide bonds. The molecule has 0 unspecified atom stereocenters. The molecule has 31 heavy (non-hydrogen) atoms. The third kappa shape index (κ3) is 4.39. The monoisotopic (exact) mass is 457 g/mol. The van der Waals surface area contributed by atoms with Gasteiger partial charge in [-0.25, -0.2) is 4.98 Å². The van der Waals surface area contributed by atoms with Crippen LogP contribution in [-0.2, 0) is 5.75 Å². The summed E-state index contributed by atoms with van der Waals surface area (Å²) >= 11 is 3.39. The van der Waals surface area contributed by atoms with Crippen molar-refractivity contribution in [2.75, 3.05) is 32.2 Å². The third-order valence-corrected chi connectivity index (χ3v) is 7.65. The van der Waals surface area contributed by atoms with Gasteiger partial charge in [0.1, 0.15) is 5.01 Å². The van der Waals surface area contributed by atoms with Crippen LogP contribution in [-0.4, -0.2) is 47.1 Å². The summed E-state index contributed by atoms with van der Waals surface area (Å²) in [6.45, 7) is 2.19. The Kier molecular flexibility index (Phi) is 6.04. The highest BCUT2D eigenvalue weighted by molar-refractivity contribution is 7.98. The van der Waals surface area contributed by atoms with Gasteiger partial charge in [-0.3, -0.25) is 4.57 Å². The van der Waals surface area contributed by atoms with E-state index in [2.05, 4.69) is 25.0 Å². The standard InChI is InChI=1S/C22H27N5O2S2/c1-28-18-9-6-15(12-19(18)29-2)20-23-16(13-30-20)14-31-22-25-24-21(27(22)17-7-8-17)26-10-4-3-5-11-26/h6,9,12-13,17H,3-5,7-8,10-11,14H2,1-2H3. The van der Waals surface area contributed by atoms with E-state index in [1.807, 2.05) is 18.2 Å². The molecule has 0 radical (unpaired) electrons. The molecule has 1 aromatic carbocycles. The molecule has 164 valence electrons. The first-order chi connectivity index (χ1) is 15.3. The van der Waals surface area contributed by atoms with Crippen LogP contribution in [0.5, 0.6) is 11.5 Å². The minimum atomic E-state index is 0.562. The van der Waals surface area contributed by atoms with Gasteiger partial charge in [0, 0.05) is 35.8 Å². The first kappa shape index (κ1) is 20.6. The number of hydrogen-bond donors (Lipinski definition) is 0. The summed E-state index contributed by atoms with van der Waals surface area (Å²) in [5.41, 5.74) is 2.09. The summed E-state index contributed by atoms with van der Waals surface area (Å²) in [4.78, 5) is 7.26. The zero-order valence-corrected chi connectivity index (χ0v) is 19.5. The molecule has 9 heteroatoms. The van der Waals surface area contributed by atoms with E-state index in [0.717, 1.165) is 52.0 Å². The molecule has 0 bridgehead atoms. The lowest BCUT2D eigenvalue weighted by Crippen LogP contribution is -2.31. The Morgan fingerprint density at radius 2 is 1.87 bits per heavy atom. The zero-order valence-electron chi connectivity index (χ0n) is 17.9. The van der Waals surface area contributed by atoms with Gasteiger partial charge >= 0.3 is 0 Å². The predicted octanol–water partition coefficient (Wildman–Crippen LogP) is 5.04. The highest BCUT2D eigenvalue weighted by atomic mass is 32.2. The second-order valence-corrected chi connectivity index (χ2v) is 9.73. The smallest absolute Gasteiger partial charge is 0.228 e. The van der Waals surface area contributed by atoms with Crippen LogP contribution in [0, 0.1) is 0 Å². The second kappa shape index (κ2) is 9.08. The molecule has 5 rings (SSSR count). The number of benzene rings is 1. The van der Waals surface area contributed by atoms with Crippen molar-refractivity contribution in [2.45, 2.75) is 49.1 Å². The SMILES string of the molecule is COc1ccc(-c2nc(CSc3nnc(N4CCCCC4)n3C3CC3)cs2)cc1OC. The molecule has 3 aromatic rings. The summed E-state index contributed by atoms with van der Waals surface area (Å²) < 4.78 is 13.1. The molecule has 2 aliphatic rings.